The van der Waals surface area contributed by atoms with Gasteiger partial charge in [-0.1, -0.05) is 29.8 Å². The predicted molar refractivity (Wildman–Crippen MR) is 144 cm³/mol. The smallest absolute Gasteiger partial charge is 0.417 e. The molecule has 0 saturated carbocycles. The summed E-state index contributed by atoms with van der Waals surface area (Å²) in [4.78, 5) is 40.6. The summed E-state index contributed by atoms with van der Waals surface area (Å²) in [5, 5.41) is 2.68. The molecule has 222 valence electrons. The number of alkyl halides is 3. The molecule has 1 aliphatic rings. The molecule has 0 aromatic heterocycles. The molecule has 3 amide bonds. The van der Waals surface area contributed by atoms with Crippen molar-refractivity contribution in [1.82, 2.24) is 5.32 Å². The lowest BCUT2D eigenvalue weighted by Crippen LogP contribution is -2.53. The van der Waals surface area contributed by atoms with E-state index in [2.05, 4.69) is 5.32 Å². The van der Waals surface area contributed by atoms with Crippen molar-refractivity contribution < 1.29 is 41.1 Å². The summed E-state index contributed by atoms with van der Waals surface area (Å²) in [6.07, 6.45) is -6.07. The molecule has 3 aromatic carbocycles. The minimum absolute atomic E-state index is 0.205. The zero-order valence-electron chi connectivity index (χ0n) is 22.3. The number of primary amides is 1. The Hall–Kier alpha value is -4.19. The molecule has 13 heteroatoms. The maximum atomic E-state index is 15.3. The van der Waals surface area contributed by atoms with E-state index in [4.69, 9.17) is 22.1 Å². The van der Waals surface area contributed by atoms with E-state index in [1.807, 2.05) is 0 Å². The number of rotatable bonds is 7. The first-order valence-corrected chi connectivity index (χ1v) is 13.1. The topological polar surface area (TPSA) is 102 Å². The first kappa shape index (κ1) is 30.8. The number of halogens is 6. The lowest BCUT2D eigenvalue weighted by molar-refractivity contribution is -0.139. The van der Waals surface area contributed by atoms with Gasteiger partial charge >= 0.3 is 6.18 Å². The highest BCUT2D eigenvalue weighted by atomic mass is 35.5. The molecule has 42 heavy (non-hydrogen) atoms. The van der Waals surface area contributed by atoms with Gasteiger partial charge in [0.2, 0.25) is 11.8 Å². The van der Waals surface area contributed by atoms with Gasteiger partial charge < -0.3 is 20.7 Å². The maximum Gasteiger partial charge on any atom is 0.417 e. The molecular weight excluding hydrogens is 585 g/mol. The van der Waals surface area contributed by atoms with Crippen molar-refractivity contribution in [2.24, 2.45) is 5.73 Å². The standard InChI is InChI=1S/C29H25ClF5N3O4/c1-14(2)38-22-10-7-16(30)12-23(22)42-13-21(28(38)41)37-27(40)18(11-15-5-3-4-6-19(15)31)24-20(32)9-8-17(26(36)39)25(24)29(33,34)35/h3-10,12,14,18,21H,11,13H2,1-2H3,(H2,36,39)(H,37,40)/t18-,21-/m1/s1. The van der Waals surface area contributed by atoms with Gasteiger partial charge in [-0.3, -0.25) is 14.4 Å². The third kappa shape index (κ3) is 6.18. The second-order valence-corrected chi connectivity index (χ2v) is 10.3. The molecular formula is C29H25ClF5N3O4. The molecule has 4 rings (SSSR count). The summed E-state index contributed by atoms with van der Waals surface area (Å²) < 4.78 is 78.6. The van der Waals surface area contributed by atoms with Crippen molar-refractivity contribution in [2.45, 2.75) is 44.4 Å². The van der Waals surface area contributed by atoms with Crippen LogP contribution in [0.2, 0.25) is 5.02 Å². The predicted octanol–water partition coefficient (Wildman–Crippen LogP) is 5.38. The second kappa shape index (κ2) is 12.0. The number of carbonyl (C=O) groups excluding carboxylic acids is 3. The SMILES string of the molecule is CC(C)N1C(=O)[C@H](NC(=O)[C@H](Cc2ccccc2F)c2c(F)ccc(C(N)=O)c2C(F)(F)F)COc2cc(Cl)ccc21. The lowest BCUT2D eigenvalue weighted by Gasteiger charge is -2.29. The lowest BCUT2D eigenvalue weighted by atomic mass is 9.84. The van der Waals surface area contributed by atoms with Crippen molar-refractivity contribution in [2.75, 3.05) is 11.5 Å². The van der Waals surface area contributed by atoms with E-state index in [1.54, 1.807) is 19.9 Å². The summed E-state index contributed by atoms with van der Waals surface area (Å²) in [5.41, 5.74) is 1.26. The molecule has 0 aliphatic carbocycles. The number of ether oxygens (including phenoxy) is 1. The number of nitrogens with two attached hydrogens (primary N) is 1. The minimum atomic E-state index is -5.33. The van der Waals surface area contributed by atoms with Gasteiger partial charge in [0.1, 0.15) is 30.0 Å². The van der Waals surface area contributed by atoms with Crippen molar-refractivity contribution in [1.29, 1.82) is 0 Å². The fraction of sp³-hybridized carbons (Fsp3) is 0.276. The molecule has 3 aromatic rings. The molecule has 2 atom stereocenters. The van der Waals surface area contributed by atoms with E-state index in [0.717, 1.165) is 6.07 Å². The zero-order valence-corrected chi connectivity index (χ0v) is 23.0. The summed E-state index contributed by atoms with van der Waals surface area (Å²) in [6, 6.07) is 8.75. The Morgan fingerprint density at radius 1 is 1.10 bits per heavy atom. The van der Waals surface area contributed by atoms with Crippen LogP contribution >= 0.6 is 11.6 Å². The van der Waals surface area contributed by atoms with Crippen LogP contribution in [0.1, 0.15) is 46.8 Å². The first-order chi connectivity index (χ1) is 19.7. The third-order valence-corrected chi connectivity index (χ3v) is 6.98. The third-order valence-electron chi connectivity index (χ3n) is 6.74. The quantitative estimate of drug-likeness (QED) is 0.351. The van der Waals surface area contributed by atoms with Crippen LogP contribution in [0.15, 0.2) is 54.6 Å². The van der Waals surface area contributed by atoms with Gasteiger partial charge in [0.15, 0.2) is 0 Å². The Kier molecular flexibility index (Phi) is 8.76. The number of carbonyl (C=O) groups is 3. The monoisotopic (exact) mass is 609 g/mol. The molecule has 1 aliphatic heterocycles. The van der Waals surface area contributed by atoms with Crippen LogP contribution < -0.4 is 20.7 Å². The number of nitrogens with zero attached hydrogens (tertiary/aromatic N) is 1. The number of hydrogen-bond acceptors (Lipinski definition) is 4. The van der Waals surface area contributed by atoms with Crippen LogP contribution in [-0.2, 0) is 22.2 Å². The van der Waals surface area contributed by atoms with Crippen LogP contribution in [0.4, 0.5) is 27.6 Å². The molecule has 0 saturated heterocycles. The van der Waals surface area contributed by atoms with Crippen molar-refractivity contribution in [3.05, 3.63) is 93.5 Å². The van der Waals surface area contributed by atoms with Gasteiger partial charge in [-0.05, 0) is 56.2 Å². The van der Waals surface area contributed by atoms with Crippen molar-refractivity contribution >= 4 is 35.0 Å². The van der Waals surface area contributed by atoms with E-state index < -0.39 is 83.3 Å². The summed E-state index contributed by atoms with van der Waals surface area (Å²) in [7, 11) is 0. The average Bonchev–Trinajstić information content (AvgIpc) is 3.03. The fourth-order valence-corrected chi connectivity index (χ4v) is 5.06. The van der Waals surface area contributed by atoms with Gasteiger partial charge in [-0.2, -0.15) is 13.2 Å². The Bertz CT molecular complexity index is 1550. The van der Waals surface area contributed by atoms with Crippen LogP contribution in [0, 0.1) is 11.6 Å². The van der Waals surface area contributed by atoms with Gasteiger partial charge in [0, 0.05) is 22.7 Å². The molecule has 0 unspecified atom stereocenters. The van der Waals surface area contributed by atoms with E-state index in [-0.39, 0.29) is 11.3 Å². The van der Waals surface area contributed by atoms with E-state index in [1.165, 1.54) is 35.2 Å². The van der Waals surface area contributed by atoms with E-state index in [0.29, 0.717) is 22.8 Å². The number of nitrogens with one attached hydrogen (secondary N) is 1. The number of fused-ring (bicyclic) bond motifs is 1. The molecule has 1 heterocycles. The molecule has 0 fully saturated rings. The number of anilines is 1. The van der Waals surface area contributed by atoms with Crippen LogP contribution in [0.5, 0.6) is 5.75 Å². The molecule has 3 N–H and O–H groups in total. The number of amides is 3. The van der Waals surface area contributed by atoms with Crippen LogP contribution in [-0.4, -0.2) is 36.4 Å². The summed E-state index contributed by atoms with van der Waals surface area (Å²) in [6.45, 7) is 2.95. The van der Waals surface area contributed by atoms with Gasteiger partial charge in [-0.15, -0.1) is 0 Å². The molecule has 7 nitrogen and oxygen atoms in total. The van der Waals surface area contributed by atoms with Crippen molar-refractivity contribution in [3.63, 3.8) is 0 Å². The molecule has 0 spiro atoms. The highest BCUT2D eigenvalue weighted by Crippen LogP contribution is 2.41. The Morgan fingerprint density at radius 3 is 2.40 bits per heavy atom. The van der Waals surface area contributed by atoms with E-state index >= 15 is 4.39 Å². The van der Waals surface area contributed by atoms with Gasteiger partial charge in [0.25, 0.3) is 5.91 Å². The van der Waals surface area contributed by atoms with Gasteiger partial charge in [-0.25, -0.2) is 8.78 Å². The largest absolute Gasteiger partial charge is 0.489 e. The number of benzene rings is 3. The van der Waals surface area contributed by atoms with Crippen LogP contribution in [0.25, 0.3) is 0 Å². The summed E-state index contributed by atoms with van der Waals surface area (Å²) in [5.74, 6) is -7.56. The fourth-order valence-electron chi connectivity index (χ4n) is 4.90. The Balaban J connectivity index is 1.82. The Morgan fingerprint density at radius 2 is 1.79 bits per heavy atom. The summed E-state index contributed by atoms with van der Waals surface area (Å²) >= 11 is 6.07. The maximum absolute atomic E-state index is 15.3. The van der Waals surface area contributed by atoms with Crippen LogP contribution in [0.3, 0.4) is 0 Å². The van der Waals surface area contributed by atoms with Crippen molar-refractivity contribution in [3.8, 4) is 5.75 Å². The highest BCUT2D eigenvalue weighted by Gasteiger charge is 2.43. The average molecular weight is 610 g/mol. The van der Waals surface area contributed by atoms with Gasteiger partial charge in [0.05, 0.1) is 22.7 Å². The normalized spacial score (nSPS) is 16.0. The minimum Gasteiger partial charge on any atom is -0.489 e. The zero-order chi connectivity index (χ0) is 30.9. The number of hydrogen-bond donors (Lipinski definition) is 2. The second-order valence-electron chi connectivity index (χ2n) is 9.88. The molecule has 0 bridgehead atoms. The molecule has 0 radical (unpaired) electrons. The highest BCUT2D eigenvalue weighted by molar-refractivity contribution is 6.30. The Labute approximate surface area is 242 Å². The first-order valence-electron chi connectivity index (χ1n) is 12.7. The van der Waals surface area contributed by atoms with E-state index in [9.17, 15) is 31.9 Å².